The molecule has 3 aromatic carbocycles. The number of aryl methyl sites for hydroxylation is 2. The Balaban J connectivity index is 1.85. The topological polar surface area (TPSA) is 0 Å². The van der Waals surface area contributed by atoms with Gasteiger partial charge in [0.15, 0.2) is 0 Å². The van der Waals surface area contributed by atoms with Crippen LogP contribution in [0.15, 0.2) is 47.2 Å². The highest BCUT2D eigenvalue weighted by atomic mass is 32.1. The van der Waals surface area contributed by atoms with E-state index in [9.17, 15) is 0 Å². The van der Waals surface area contributed by atoms with E-state index in [1.165, 1.54) is 76.8 Å². The van der Waals surface area contributed by atoms with E-state index in [1.807, 2.05) is 45.3 Å². The van der Waals surface area contributed by atoms with Gasteiger partial charge >= 0.3 is 0 Å². The van der Waals surface area contributed by atoms with Gasteiger partial charge < -0.3 is 0 Å². The maximum Gasteiger partial charge on any atom is 0.0397 e. The van der Waals surface area contributed by atoms with Crippen molar-refractivity contribution in [3.8, 4) is 0 Å². The summed E-state index contributed by atoms with van der Waals surface area (Å²) in [5, 5.41) is 13.4. The largest absolute Gasteiger partial charge is 0.144 e. The van der Waals surface area contributed by atoms with Crippen molar-refractivity contribution in [3.63, 3.8) is 0 Å². The van der Waals surface area contributed by atoms with Gasteiger partial charge in [0.25, 0.3) is 0 Å². The van der Waals surface area contributed by atoms with Gasteiger partial charge in [-0.3, -0.25) is 0 Å². The molecule has 0 bridgehead atoms. The molecule has 0 aliphatic rings. The van der Waals surface area contributed by atoms with Gasteiger partial charge in [-0.1, -0.05) is 26.7 Å². The molecule has 0 radical (unpaired) electrons. The summed E-state index contributed by atoms with van der Waals surface area (Å²) in [6, 6.07) is 14.1. The van der Waals surface area contributed by atoms with E-state index < -0.39 is 0 Å². The van der Waals surface area contributed by atoms with Crippen LogP contribution in [0.4, 0.5) is 0 Å². The first-order valence-electron chi connectivity index (χ1n) is 11.4. The van der Waals surface area contributed by atoms with Crippen molar-refractivity contribution in [2.45, 2.75) is 39.5 Å². The maximum atomic E-state index is 2.37. The molecular formula is C28H22S4. The molecule has 0 aliphatic heterocycles. The molecule has 0 nitrogen and oxygen atoms in total. The molecule has 0 fully saturated rings. The van der Waals surface area contributed by atoms with Gasteiger partial charge in [-0.25, -0.2) is 0 Å². The van der Waals surface area contributed by atoms with Crippen LogP contribution in [-0.2, 0) is 12.8 Å². The number of hydrogen-bond donors (Lipinski definition) is 0. The predicted octanol–water partition coefficient (Wildman–Crippen LogP) is 10.8. The zero-order valence-electron chi connectivity index (χ0n) is 18.1. The Hall–Kier alpha value is -1.98. The maximum absolute atomic E-state index is 2.37. The monoisotopic (exact) mass is 486 g/mol. The van der Waals surface area contributed by atoms with Crippen LogP contribution in [0.3, 0.4) is 0 Å². The third-order valence-electron chi connectivity index (χ3n) is 6.73. The van der Waals surface area contributed by atoms with E-state index in [0.717, 1.165) is 0 Å². The highest BCUT2D eigenvalue weighted by Crippen LogP contribution is 2.52. The molecule has 4 heteroatoms. The van der Waals surface area contributed by atoms with Crippen molar-refractivity contribution in [2.75, 3.05) is 0 Å². The first-order chi connectivity index (χ1) is 15.8. The first-order valence-corrected chi connectivity index (χ1v) is 14.8. The summed E-state index contributed by atoms with van der Waals surface area (Å²) in [7, 11) is 0. The fourth-order valence-corrected chi connectivity index (χ4v) is 9.73. The molecule has 0 aliphatic carbocycles. The molecule has 0 unspecified atom stereocenters. The minimum absolute atomic E-state index is 1.17. The van der Waals surface area contributed by atoms with Crippen LogP contribution in [-0.4, -0.2) is 0 Å². The Morgan fingerprint density at radius 3 is 1.41 bits per heavy atom. The Morgan fingerprint density at radius 1 is 0.531 bits per heavy atom. The molecule has 0 saturated heterocycles. The van der Waals surface area contributed by atoms with Crippen LogP contribution >= 0.6 is 45.3 Å². The van der Waals surface area contributed by atoms with Gasteiger partial charge in [0.1, 0.15) is 0 Å². The molecule has 0 spiro atoms. The number of thiophene rings is 4. The highest BCUT2D eigenvalue weighted by molar-refractivity contribution is 7.29. The summed E-state index contributed by atoms with van der Waals surface area (Å²) in [5.74, 6) is 0. The smallest absolute Gasteiger partial charge is 0.0397 e. The molecular weight excluding hydrogens is 465 g/mol. The number of fused-ring (bicyclic) bond motifs is 11. The molecule has 0 atom stereocenters. The number of benzene rings is 3. The summed E-state index contributed by atoms with van der Waals surface area (Å²) >= 11 is 7.79. The Kier molecular flexibility index (Phi) is 4.42. The third kappa shape index (κ3) is 2.52. The minimum Gasteiger partial charge on any atom is -0.144 e. The van der Waals surface area contributed by atoms with E-state index >= 15 is 0 Å². The van der Waals surface area contributed by atoms with Crippen LogP contribution in [0, 0.1) is 0 Å². The Labute approximate surface area is 202 Å². The fraction of sp³-hybridized carbons (Fsp3) is 0.214. The summed E-state index contributed by atoms with van der Waals surface area (Å²) in [4.78, 5) is 0. The van der Waals surface area contributed by atoms with E-state index in [2.05, 4.69) is 61.0 Å². The SMILES string of the molecule is CCCc1c(CCC)c2sc3ccc4sccc4c3c2c2c1sc1ccc3sccc3c12. The third-order valence-corrected chi connectivity index (χ3v) is 10.9. The van der Waals surface area contributed by atoms with Crippen LogP contribution in [0.25, 0.3) is 60.5 Å². The zero-order valence-corrected chi connectivity index (χ0v) is 21.3. The van der Waals surface area contributed by atoms with E-state index in [-0.39, 0.29) is 0 Å². The second-order valence-electron chi connectivity index (χ2n) is 8.61. The summed E-state index contributed by atoms with van der Waals surface area (Å²) < 4.78 is 8.78. The first kappa shape index (κ1) is 19.5. The van der Waals surface area contributed by atoms with Crippen molar-refractivity contribution in [1.29, 1.82) is 0 Å². The normalized spacial score (nSPS) is 12.6. The van der Waals surface area contributed by atoms with Gasteiger partial charge in [-0.15, -0.1) is 45.3 Å². The standard InChI is InChI=1S/C28H22S4/c1-3-5-15-16(6-4-2)28-26(24-18-12-14-30-20(18)8-10-22(24)32-28)25-23-17-11-13-29-19(17)7-9-21(23)31-27(15)25/h7-14H,3-6H2,1-2H3. The number of hydrogen-bond acceptors (Lipinski definition) is 4. The number of rotatable bonds is 4. The predicted molar refractivity (Wildman–Crippen MR) is 151 cm³/mol. The van der Waals surface area contributed by atoms with Gasteiger partial charge in [0.05, 0.1) is 0 Å². The summed E-state index contributed by atoms with van der Waals surface area (Å²) in [6.45, 7) is 4.66. The van der Waals surface area contributed by atoms with Gasteiger partial charge in [0.2, 0.25) is 0 Å². The Morgan fingerprint density at radius 2 is 0.969 bits per heavy atom. The lowest BCUT2D eigenvalue weighted by molar-refractivity contribution is 0.877. The van der Waals surface area contributed by atoms with Crippen molar-refractivity contribution in [3.05, 3.63) is 58.3 Å². The van der Waals surface area contributed by atoms with Gasteiger partial charge in [0, 0.05) is 60.5 Å². The van der Waals surface area contributed by atoms with E-state index in [0.29, 0.717) is 0 Å². The van der Waals surface area contributed by atoms with Crippen LogP contribution in [0.1, 0.15) is 37.8 Å². The molecule has 158 valence electrons. The molecule has 7 rings (SSSR count). The summed E-state index contributed by atoms with van der Waals surface area (Å²) in [5.41, 5.74) is 3.24. The lowest BCUT2D eigenvalue weighted by atomic mass is 9.92. The lowest BCUT2D eigenvalue weighted by Gasteiger charge is -2.13. The minimum atomic E-state index is 1.17. The van der Waals surface area contributed by atoms with Crippen LogP contribution < -0.4 is 0 Å². The Bertz CT molecular complexity index is 1670. The molecule has 4 heterocycles. The van der Waals surface area contributed by atoms with Crippen molar-refractivity contribution in [2.24, 2.45) is 0 Å². The van der Waals surface area contributed by atoms with Gasteiger partial charge in [-0.2, -0.15) is 0 Å². The van der Waals surface area contributed by atoms with Crippen molar-refractivity contribution < 1.29 is 0 Å². The molecule has 0 amide bonds. The zero-order chi connectivity index (χ0) is 21.4. The second kappa shape index (κ2) is 7.26. The van der Waals surface area contributed by atoms with Crippen LogP contribution in [0.2, 0.25) is 0 Å². The summed E-state index contributed by atoms with van der Waals surface area (Å²) in [6.07, 6.45) is 4.73. The average Bonchev–Trinajstić information content (AvgIpc) is 3.57. The average molecular weight is 487 g/mol. The molecule has 32 heavy (non-hydrogen) atoms. The van der Waals surface area contributed by atoms with Crippen LogP contribution in [0.5, 0.6) is 0 Å². The van der Waals surface area contributed by atoms with Crippen molar-refractivity contribution in [1.82, 2.24) is 0 Å². The van der Waals surface area contributed by atoms with E-state index in [1.54, 1.807) is 20.5 Å². The van der Waals surface area contributed by atoms with E-state index in [4.69, 9.17) is 0 Å². The molecule has 7 aromatic rings. The van der Waals surface area contributed by atoms with Crippen molar-refractivity contribution >= 4 is 106 Å². The van der Waals surface area contributed by atoms with Gasteiger partial charge in [-0.05, 0) is 71.1 Å². The lowest BCUT2D eigenvalue weighted by Crippen LogP contribution is -1.95. The molecule has 4 aromatic heterocycles. The highest BCUT2D eigenvalue weighted by Gasteiger charge is 2.23. The molecule has 0 saturated carbocycles. The molecule has 0 N–H and O–H groups in total. The quantitative estimate of drug-likeness (QED) is 0.232. The fourth-order valence-electron chi connectivity index (χ4n) is 5.49. The second-order valence-corrected chi connectivity index (χ2v) is 12.6.